The Hall–Kier alpha value is -3.76. The Bertz CT molecular complexity index is 1350. The summed E-state index contributed by atoms with van der Waals surface area (Å²) in [6.45, 7) is 5.34. The summed E-state index contributed by atoms with van der Waals surface area (Å²) in [7, 11) is 0. The van der Waals surface area contributed by atoms with Crippen LogP contribution in [0.5, 0.6) is 0 Å². The van der Waals surface area contributed by atoms with Crippen molar-refractivity contribution in [1.82, 2.24) is 4.90 Å². The standard InChI is InChI=1S/C29H30N4O2S/c1-20-10-12-24(16-21(20)2)32-28(26(18-30)29(35)33-14-6-3-7-15-33)36-19-27(34)31-25-13-11-22-8-4-5-9-23(22)17-25/h4-5,8-13,16-17,32H,3,6-7,14-15,19H2,1-2H3,(H,31,34). The van der Waals surface area contributed by atoms with Crippen LogP contribution in [0.4, 0.5) is 11.4 Å². The third-order valence-electron chi connectivity index (χ3n) is 6.34. The summed E-state index contributed by atoms with van der Waals surface area (Å²) in [5, 5.41) is 18.7. The van der Waals surface area contributed by atoms with Crippen molar-refractivity contribution in [1.29, 1.82) is 5.26 Å². The average Bonchev–Trinajstić information content (AvgIpc) is 2.90. The minimum Gasteiger partial charge on any atom is -0.349 e. The van der Waals surface area contributed by atoms with E-state index in [4.69, 9.17) is 0 Å². The minimum atomic E-state index is -0.286. The Balaban J connectivity index is 1.54. The van der Waals surface area contributed by atoms with Gasteiger partial charge in [-0.2, -0.15) is 5.26 Å². The van der Waals surface area contributed by atoms with E-state index in [2.05, 4.69) is 16.7 Å². The number of thioether (sulfide) groups is 1. The number of nitrogens with one attached hydrogen (secondary N) is 2. The highest BCUT2D eigenvalue weighted by molar-refractivity contribution is 8.03. The van der Waals surface area contributed by atoms with Crippen LogP contribution in [-0.2, 0) is 9.59 Å². The number of likely N-dealkylation sites (tertiary alicyclic amines) is 1. The number of nitriles is 1. The lowest BCUT2D eigenvalue weighted by molar-refractivity contribution is -0.127. The SMILES string of the molecule is Cc1ccc(NC(SCC(=O)Nc2ccc3ccccc3c2)=C(C#N)C(=O)N2CCCCC2)cc1C. The fourth-order valence-corrected chi connectivity index (χ4v) is 4.99. The van der Waals surface area contributed by atoms with E-state index in [1.165, 1.54) is 11.8 Å². The number of carbonyl (C=O) groups is 2. The monoisotopic (exact) mass is 498 g/mol. The van der Waals surface area contributed by atoms with E-state index in [-0.39, 0.29) is 23.1 Å². The smallest absolute Gasteiger partial charge is 0.267 e. The molecule has 1 saturated heterocycles. The summed E-state index contributed by atoms with van der Waals surface area (Å²) in [5.41, 5.74) is 3.77. The van der Waals surface area contributed by atoms with Gasteiger partial charge in [0.05, 0.1) is 10.8 Å². The van der Waals surface area contributed by atoms with Crippen LogP contribution in [0, 0.1) is 25.2 Å². The second-order valence-electron chi connectivity index (χ2n) is 8.99. The van der Waals surface area contributed by atoms with E-state index >= 15 is 0 Å². The molecule has 0 aromatic heterocycles. The number of nitrogens with zero attached hydrogens (tertiary/aromatic N) is 2. The van der Waals surface area contributed by atoms with Crippen molar-refractivity contribution >= 4 is 45.7 Å². The topological polar surface area (TPSA) is 85.2 Å². The summed E-state index contributed by atoms with van der Waals surface area (Å²) in [5.74, 6) is -0.443. The van der Waals surface area contributed by atoms with Crippen molar-refractivity contribution in [2.45, 2.75) is 33.1 Å². The van der Waals surface area contributed by atoms with Gasteiger partial charge in [-0.05, 0) is 79.3 Å². The maximum Gasteiger partial charge on any atom is 0.267 e. The Morgan fingerprint density at radius 2 is 1.58 bits per heavy atom. The molecule has 36 heavy (non-hydrogen) atoms. The van der Waals surface area contributed by atoms with Gasteiger partial charge in [-0.3, -0.25) is 9.59 Å². The predicted octanol–water partition coefficient (Wildman–Crippen LogP) is 5.99. The van der Waals surface area contributed by atoms with Gasteiger partial charge < -0.3 is 15.5 Å². The van der Waals surface area contributed by atoms with Gasteiger partial charge >= 0.3 is 0 Å². The van der Waals surface area contributed by atoms with Crippen LogP contribution >= 0.6 is 11.8 Å². The van der Waals surface area contributed by atoms with Crippen molar-refractivity contribution in [2.75, 3.05) is 29.5 Å². The average molecular weight is 499 g/mol. The molecule has 1 heterocycles. The fourth-order valence-electron chi connectivity index (χ4n) is 4.17. The van der Waals surface area contributed by atoms with Crippen molar-refractivity contribution in [3.8, 4) is 6.07 Å². The number of piperidine rings is 1. The van der Waals surface area contributed by atoms with Gasteiger partial charge in [0.1, 0.15) is 11.6 Å². The lowest BCUT2D eigenvalue weighted by atomic mass is 10.1. The summed E-state index contributed by atoms with van der Waals surface area (Å²) < 4.78 is 0. The Morgan fingerprint density at radius 1 is 0.889 bits per heavy atom. The van der Waals surface area contributed by atoms with Crippen molar-refractivity contribution in [3.63, 3.8) is 0 Å². The molecule has 0 unspecified atom stereocenters. The number of rotatable bonds is 7. The third-order valence-corrected chi connectivity index (χ3v) is 7.34. The van der Waals surface area contributed by atoms with E-state index < -0.39 is 0 Å². The number of fused-ring (bicyclic) bond motifs is 1. The van der Waals surface area contributed by atoms with E-state index in [0.29, 0.717) is 23.8 Å². The summed E-state index contributed by atoms with van der Waals surface area (Å²) in [6.07, 6.45) is 2.96. The number of carbonyl (C=O) groups excluding carboxylic acids is 2. The van der Waals surface area contributed by atoms with Crippen LogP contribution < -0.4 is 10.6 Å². The van der Waals surface area contributed by atoms with E-state index in [1.807, 2.05) is 74.5 Å². The second-order valence-corrected chi connectivity index (χ2v) is 9.98. The van der Waals surface area contributed by atoms with Crippen molar-refractivity contribution in [2.24, 2.45) is 0 Å². The molecule has 3 aromatic carbocycles. The Kier molecular flexibility index (Phi) is 8.29. The first-order valence-corrected chi connectivity index (χ1v) is 13.1. The van der Waals surface area contributed by atoms with Gasteiger partial charge in [0.25, 0.3) is 5.91 Å². The highest BCUT2D eigenvalue weighted by Crippen LogP contribution is 2.27. The van der Waals surface area contributed by atoms with Gasteiger partial charge in [0, 0.05) is 24.5 Å². The molecular weight excluding hydrogens is 468 g/mol. The van der Waals surface area contributed by atoms with Gasteiger partial charge in [-0.1, -0.05) is 48.2 Å². The van der Waals surface area contributed by atoms with Gasteiger partial charge in [-0.25, -0.2) is 0 Å². The van der Waals surface area contributed by atoms with Gasteiger partial charge in [0.15, 0.2) is 0 Å². The lowest BCUT2D eigenvalue weighted by Gasteiger charge is -2.27. The maximum absolute atomic E-state index is 13.2. The quantitative estimate of drug-likeness (QED) is 0.309. The number of hydrogen-bond acceptors (Lipinski definition) is 5. The number of benzene rings is 3. The number of aryl methyl sites for hydroxylation is 2. The first-order chi connectivity index (χ1) is 17.4. The maximum atomic E-state index is 13.2. The van der Waals surface area contributed by atoms with E-state index in [9.17, 15) is 14.9 Å². The minimum absolute atomic E-state index is 0.0404. The molecule has 0 atom stereocenters. The molecule has 1 aliphatic heterocycles. The Labute approximate surface area is 216 Å². The lowest BCUT2D eigenvalue weighted by Crippen LogP contribution is -2.37. The van der Waals surface area contributed by atoms with Gasteiger partial charge in [0.2, 0.25) is 5.91 Å². The molecule has 3 aromatic rings. The normalized spacial score (nSPS) is 14.1. The van der Waals surface area contributed by atoms with Crippen molar-refractivity contribution < 1.29 is 9.59 Å². The highest BCUT2D eigenvalue weighted by Gasteiger charge is 2.24. The molecule has 0 spiro atoms. The van der Waals surface area contributed by atoms with E-state index in [1.54, 1.807) is 4.90 Å². The number of amides is 2. The first-order valence-electron chi connectivity index (χ1n) is 12.1. The van der Waals surface area contributed by atoms with Crippen LogP contribution in [0.15, 0.2) is 71.3 Å². The zero-order valence-electron chi connectivity index (χ0n) is 20.6. The first kappa shape index (κ1) is 25.3. The molecule has 1 aliphatic rings. The predicted molar refractivity (Wildman–Crippen MR) is 148 cm³/mol. The second kappa shape index (κ2) is 11.8. The molecular formula is C29H30N4O2S. The van der Waals surface area contributed by atoms with Crippen LogP contribution in [0.1, 0.15) is 30.4 Å². The molecule has 1 fully saturated rings. The van der Waals surface area contributed by atoms with Crippen LogP contribution in [0.25, 0.3) is 10.8 Å². The molecule has 2 N–H and O–H groups in total. The van der Waals surface area contributed by atoms with E-state index in [0.717, 1.165) is 46.8 Å². The number of hydrogen-bond donors (Lipinski definition) is 2. The fraction of sp³-hybridized carbons (Fsp3) is 0.276. The summed E-state index contributed by atoms with van der Waals surface area (Å²) >= 11 is 1.17. The van der Waals surface area contributed by atoms with Crippen LogP contribution in [-0.4, -0.2) is 35.6 Å². The van der Waals surface area contributed by atoms with Crippen LogP contribution in [0.3, 0.4) is 0 Å². The Morgan fingerprint density at radius 3 is 2.31 bits per heavy atom. The molecule has 6 nitrogen and oxygen atoms in total. The molecule has 0 saturated carbocycles. The summed E-state index contributed by atoms with van der Waals surface area (Å²) in [6, 6.07) is 21.7. The molecule has 2 amide bonds. The largest absolute Gasteiger partial charge is 0.349 e. The summed E-state index contributed by atoms with van der Waals surface area (Å²) in [4.78, 5) is 27.8. The van der Waals surface area contributed by atoms with Gasteiger partial charge in [-0.15, -0.1) is 0 Å². The zero-order valence-corrected chi connectivity index (χ0v) is 21.5. The third kappa shape index (κ3) is 6.27. The molecule has 7 heteroatoms. The molecule has 0 bridgehead atoms. The number of anilines is 2. The van der Waals surface area contributed by atoms with Crippen molar-refractivity contribution in [3.05, 3.63) is 82.4 Å². The highest BCUT2D eigenvalue weighted by atomic mass is 32.2. The molecule has 4 rings (SSSR count). The molecule has 0 aliphatic carbocycles. The molecule has 0 radical (unpaired) electrons. The zero-order chi connectivity index (χ0) is 25.5. The van der Waals surface area contributed by atoms with Crippen LogP contribution in [0.2, 0.25) is 0 Å². The molecule has 184 valence electrons.